The lowest BCUT2D eigenvalue weighted by molar-refractivity contribution is 0.736. The molecule has 2 unspecified atom stereocenters. The van der Waals surface area contributed by atoms with Crippen molar-refractivity contribution in [3.63, 3.8) is 0 Å². The molecule has 2 aliphatic rings. The summed E-state index contributed by atoms with van der Waals surface area (Å²) in [6, 6.07) is 45.6. The zero-order valence-corrected chi connectivity index (χ0v) is 23.2. The van der Waals surface area contributed by atoms with Crippen LogP contribution in [-0.4, -0.2) is 15.0 Å². The lowest BCUT2D eigenvalue weighted by Crippen LogP contribution is -2.20. The van der Waals surface area contributed by atoms with Gasteiger partial charge in [0, 0.05) is 27.3 Å². The summed E-state index contributed by atoms with van der Waals surface area (Å²) in [5.41, 5.74) is 7.85. The Morgan fingerprint density at radius 2 is 1.14 bits per heavy atom. The van der Waals surface area contributed by atoms with Crippen LogP contribution in [0.1, 0.15) is 28.0 Å². The second-order valence-electron chi connectivity index (χ2n) is 10.3. The number of rotatable bonds is 4. The number of fused-ring (bicyclic) bond motifs is 5. The van der Waals surface area contributed by atoms with E-state index in [2.05, 4.69) is 65.6 Å². The minimum atomic E-state index is 0.0871. The summed E-state index contributed by atoms with van der Waals surface area (Å²) < 4.78 is 0. The van der Waals surface area contributed by atoms with Gasteiger partial charge in [-0.05, 0) is 41.5 Å². The largest absolute Gasteiger partial charge is 0.331 e. The molecule has 198 valence electrons. The van der Waals surface area contributed by atoms with Gasteiger partial charge in [0.15, 0.2) is 17.5 Å². The highest BCUT2D eigenvalue weighted by Gasteiger charge is 2.46. The van der Waals surface area contributed by atoms with Crippen molar-refractivity contribution in [3.05, 3.63) is 144 Å². The Kier molecular flexibility index (Phi) is 5.83. The summed E-state index contributed by atoms with van der Waals surface area (Å²) in [7, 11) is 0. The number of nitrogens with zero attached hydrogens (tertiary/aromatic N) is 5. The lowest BCUT2D eigenvalue weighted by atomic mass is 10.0. The van der Waals surface area contributed by atoms with Gasteiger partial charge in [0.2, 0.25) is 0 Å². The van der Waals surface area contributed by atoms with Crippen molar-refractivity contribution in [2.45, 2.75) is 16.2 Å². The molecule has 5 aromatic carbocycles. The van der Waals surface area contributed by atoms with Crippen LogP contribution in [0, 0.1) is 11.3 Å². The summed E-state index contributed by atoms with van der Waals surface area (Å²) in [5.74, 6) is 1.79. The average molecular weight is 558 g/mol. The second kappa shape index (κ2) is 9.99. The Balaban J connectivity index is 1.32. The van der Waals surface area contributed by atoms with E-state index >= 15 is 0 Å². The van der Waals surface area contributed by atoms with Crippen LogP contribution in [0.25, 0.3) is 34.2 Å². The molecular weight excluding hydrogens is 534 g/mol. The van der Waals surface area contributed by atoms with Crippen LogP contribution in [0.15, 0.2) is 132 Å². The highest BCUT2D eigenvalue weighted by atomic mass is 32.2. The van der Waals surface area contributed by atoms with Crippen molar-refractivity contribution in [1.82, 2.24) is 15.0 Å². The molecule has 6 heteroatoms. The van der Waals surface area contributed by atoms with Gasteiger partial charge < -0.3 is 4.90 Å². The van der Waals surface area contributed by atoms with Crippen LogP contribution in [0.5, 0.6) is 0 Å². The summed E-state index contributed by atoms with van der Waals surface area (Å²) in [6.07, 6.45) is 0. The molecule has 42 heavy (non-hydrogen) atoms. The van der Waals surface area contributed by atoms with Gasteiger partial charge in [-0.2, -0.15) is 5.26 Å². The van der Waals surface area contributed by atoms with Crippen molar-refractivity contribution in [1.29, 1.82) is 5.26 Å². The van der Waals surface area contributed by atoms with Gasteiger partial charge in [-0.1, -0.05) is 97.1 Å². The van der Waals surface area contributed by atoms with Gasteiger partial charge in [0.05, 0.1) is 22.5 Å². The van der Waals surface area contributed by atoms with Gasteiger partial charge in [-0.15, -0.1) is 11.8 Å². The van der Waals surface area contributed by atoms with Crippen LogP contribution in [0.4, 0.5) is 11.4 Å². The first kappa shape index (κ1) is 24.5. The van der Waals surface area contributed by atoms with Crippen molar-refractivity contribution in [2.24, 2.45) is 0 Å². The first-order valence-electron chi connectivity index (χ1n) is 13.8. The van der Waals surface area contributed by atoms with E-state index in [0.717, 1.165) is 28.1 Å². The highest BCUT2D eigenvalue weighted by molar-refractivity contribution is 8.00. The standard InChI is InChI=1S/C36H23N5S/c37-22-26-20-19-25(36-39-34(23-11-3-1-4-12-23)38-35(40-36)24-13-5-2-6-14-24)21-30(26)41-29-17-9-7-15-27(29)33-32(41)28-16-8-10-18-31(28)42-33/h1-21,32-33H. The molecule has 0 fully saturated rings. The van der Waals surface area contributed by atoms with Crippen LogP contribution < -0.4 is 4.90 Å². The van der Waals surface area contributed by atoms with E-state index in [1.54, 1.807) is 0 Å². The molecule has 0 saturated heterocycles. The summed E-state index contributed by atoms with van der Waals surface area (Å²) in [6.45, 7) is 0. The number of hydrogen-bond donors (Lipinski definition) is 0. The maximum Gasteiger partial charge on any atom is 0.164 e. The predicted octanol–water partition coefficient (Wildman–Crippen LogP) is 8.78. The lowest BCUT2D eigenvalue weighted by Gasteiger charge is -2.29. The van der Waals surface area contributed by atoms with Gasteiger partial charge in [0.1, 0.15) is 6.07 Å². The smallest absolute Gasteiger partial charge is 0.164 e. The van der Waals surface area contributed by atoms with Gasteiger partial charge in [0.25, 0.3) is 0 Å². The highest BCUT2D eigenvalue weighted by Crippen LogP contribution is 2.64. The molecule has 2 atom stereocenters. The molecule has 3 heterocycles. The molecule has 0 bridgehead atoms. The third kappa shape index (κ3) is 3.98. The third-order valence-corrected chi connectivity index (χ3v) is 9.29. The minimum absolute atomic E-state index is 0.0871. The van der Waals surface area contributed by atoms with E-state index < -0.39 is 0 Å². The van der Waals surface area contributed by atoms with E-state index in [4.69, 9.17) is 15.0 Å². The van der Waals surface area contributed by atoms with E-state index in [1.165, 1.54) is 16.0 Å². The quantitative estimate of drug-likeness (QED) is 0.216. The Hall–Kier alpha value is -5.25. The molecule has 0 radical (unpaired) electrons. The molecule has 0 N–H and O–H groups in total. The zero-order valence-electron chi connectivity index (χ0n) is 22.4. The number of nitriles is 1. The van der Waals surface area contributed by atoms with Gasteiger partial charge in [-0.25, -0.2) is 15.0 Å². The van der Waals surface area contributed by atoms with Crippen LogP contribution in [0.3, 0.4) is 0 Å². The number of benzene rings is 5. The normalized spacial score (nSPS) is 16.4. The molecule has 1 aromatic heterocycles. The van der Waals surface area contributed by atoms with E-state index in [-0.39, 0.29) is 11.3 Å². The zero-order chi connectivity index (χ0) is 28.0. The molecule has 8 rings (SSSR count). The molecule has 0 aliphatic carbocycles. The SMILES string of the molecule is N#Cc1ccc(-c2nc(-c3ccccc3)nc(-c3ccccc3)n2)cc1N1c2ccccc2C2Sc3ccccc3C21. The second-order valence-corrected chi connectivity index (χ2v) is 11.5. The van der Waals surface area contributed by atoms with Gasteiger partial charge >= 0.3 is 0 Å². The molecule has 0 spiro atoms. The first-order valence-corrected chi connectivity index (χ1v) is 14.7. The summed E-state index contributed by atoms with van der Waals surface area (Å²) >= 11 is 1.90. The fourth-order valence-corrected chi connectivity index (χ4v) is 7.46. The fourth-order valence-electron chi connectivity index (χ4n) is 5.98. The van der Waals surface area contributed by atoms with Crippen LogP contribution in [0.2, 0.25) is 0 Å². The van der Waals surface area contributed by atoms with Crippen LogP contribution >= 0.6 is 11.8 Å². The number of hydrogen-bond acceptors (Lipinski definition) is 6. The first-order chi connectivity index (χ1) is 20.8. The fraction of sp³-hybridized carbons (Fsp3) is 0.0556. The van der Waals surface area contributed by atoms with Crippen molar-refractivity contribution < 1.29 is 0 Å². The van der Waals surface area contributed by atoms with E-state index in [0.29, 0.717) is 23.0 Å². The number of para-hydroxylation sites is 1. The Labute approximate surface area is 248 Å². The number of aromatic nitrogens is 3. The summed E-state index contributed by atoms with van der Waals surface area (Å²) in [4.78, 5) is 18.4. The van der Waals surface area contributed by atoms with Crippen LogP contribution in [-0.2, 0) is 0 Å². The third-order valence-electron chi connectivity index (χ3n) is 7.89. The topological polar surface area (TPSA) is 65.7 Å². The monoisotopic (exact) mass is 557 g/mol. The Morgan fingerprint density at radius 1 is 0.571 bits per heavy atom. The predicted molar refractivity (Wildman–Crippen MR) is 167 cm³/mol. The molecule has 2 aliphatic heterocycles. The molecular formula is C36H23N5S. The molecule has 0 saturated carbocycles. The summed E-state index contributed by atoms with van der Waals surface area (Å²) in [5, 5.41) is 10.5. The average Bonchev–Trinajstić information content (AvgIpc) is 3.60. The maximum absolute atomic E-state index is 10.3. The van der Waals surface area contributed by atoms with Crippen molar-refractivity contribution in [2.75, 3.05) is 4.90 Å². The van der Waals surface area contributed by atoms with E-state index in [1.807, 2.05) is 84.6 Å². The van der Waals surface area contributed by atoms with Crippen molar-refractivity contribution >= 4 is 23.1 Å². The Morgan fingerprint density at radius 3 is 1.81 bits per heavy atom. The maximum atomic E-state index is 10.3. The number of anilines is 2. The molecule has 6 aromatic rings. The molecule has 5 nitrogen and oxygen atoms in total. The number of thioether (sulfide) groups is 1. The van der Waals surface area contributed by atoms with E-state index in [9.17, 15) is 5.26 Å². The minimum Gasteiger partial charge on any atom is -0.331 e. The molecule has 0 amide bonds. The van der Waals surface area contributed by atoms with Crippen molar-refractivity contribution in [3.8, 4) is 40.2 Å². The van der Waals surface area contributed by atoms with Gasteiger partial charge in [-0.3, -0.25) is 0 Å². The Bertz CT molecular complexity index is 1940.